The van der Waals surface area contributed by atoms with Crippen molar-refractivity contribution in [3.05, 3.63) is 0 Å². The lowest BCUT2D eigenvalue weighted by atomic mass is 10.0. The second-order valence-corrected chi connectivity index (χ2v) is 6.49. The molecule has 5 heteroatoms. The molecule has 2 saturated heterocycles. The maximum Gasteiger partial charge on any atom is 0.238 e. The number of amides is 1. The minimum Gasteiger partial charge on any atom is -0.390 e. The topological polar surface area (TPSA) is 52.6 Å². The van der Waals surface area contributed by atoms with Crippen molar-refractivity contribution >= 4 is 17.7 Å². The lowest BCUT2D eigenvalue weighted by molar-refractivity contribution is -0.135. The summed E-state index contributed by atoms with van der Waals surface area (Å²) in [7, 11) is 1.81. The Morgan fingerprint density at radius 3 is 2.81 bits per heavy atom. The third kappa shape index (κ3) is 2.08. The molecule has 0 radical (unpaired) electrons. The van der Waals surface area contributed by atoms with Gasteiger partial charge in [-0.1, -0.05) is 0 Å². The van der Waals surface area contributed by atoms with Gasteiger partial charge in [-0.25, -0.2) is 0 Å². The van der Waals surface area contributed by atoms with E-state index in [9.17, 15) is 9.90 Å². The molecule has 0 aromatic carbocycles. The summed E-state index contributed by atoms with van der Waals surface area (Å²) in [5.74, 6) is 1.24. The van der Waals surface area contributed by atoms with Crippen LogP contribution < -0.4 is 5.32 Å². The number of carbonyl (C=O) groups excluding carboxylic acids is 1. The highest BCUT2D eigenvalue weighted by atomic mass is 32.2. The number of aliphatic hydroxyl groups is 1. The number of hydrogen-bond donors (Lipinski definition) is 2. The summed E-state index contributed by atoms with van der Waals surface area (Å²) in [5, 5.41) is 12.9. The lowest BCUT2D eigenvalue weighted by Gasteiger charge is -2.33. The molecule has 0 bridgehead atoms. The van der Waals surface area contributed by atoms with Gasteiger partial charge in [0.15, 0.2) is 0 Å². The quantitative estimate of drug-likeness (QED) is 0.721. The number of rotatable bonds is 2. The van der Waals surface area contributed by atoms with Crippen LogP contribution in [0.15, 0.2) is 0 Å². The van der Waals surface area contributed by atoms with Gasteiger partial charge in [-0.2, -0.15) is 0 Å². The number of carbonyl (C=O) groups is 1. The minimum atomic E-state index is -0.427. The van der Waals surface area contributed by atoms with Crippen molar-refractivity contribution in [2.24, 2.45) is 0 Å². The van der Waals surface area contributed by atoms with E-state index in [0.29, 0.717) is 13.1 Å². The summed E-state index contributed by atoms with van der Waals surface area (Å²) in [5.41, 5.74) is 0. The zero-order valence-corrected chi connectivity index (χ0v) is 10.7. The first kappa shape index (κ1) is 12.2. The fraction of sp³-hybridized carbons (Fsp3) is 0.909. The molecular weight excluding hydrogens is 224 g/mol. The summed E-state index contributed by atoms with van der Waals surface area (Å²) < 4.78 is -0.267. The fourth-order valence-electron chi connectivity index (χ4n) is 2.52. The Bertz CT molecular complexity index is 279. The van der Waals surface area contributed by atoms with Crippen LogP contribution in [0.5, 0.6) is 0 Å². The smallest absolute Gasteiger partial charge is 0.238 e. The van der Waals surface area contributed by atoms with Crippen molar-refractivity contribution in [2.45, 2.75) is 36.7 Å². The molecular formula is C11H20N2O2S. The molecule has 4 nitrogen and oxygen atoms in total. The molecule has 2 N–H and O–H groups in total. The van der Waals surface area contributed by atoms with Crippen LogP contribution >= 0.6 is 11.8 Å². The number of likely N-dealkylation sites (N-methyl/N-ethyl adjacent to an activating group) is 1. The molecule has 2 heterocycles. The van der Waals surface area contributed by atoms with E-state index in [4.69, 9.17) is 0 Å². The van der Waals surface area contributed by atoms with E-state index in [-0.39, 0.29) is 16.7 Å². The van der Waals surface area contributed by atoms with Gasteiger partial charge < -0.3 is 15.3 Å². The predicted octanol–water partition coefficient (Wildman–Crippen LogP) is 0.0632. The molecule has 3 atom stereocenters. The van der Waals surface area contributed by atoms with Gasteiger partial charge in [0.25, 0.3) is 0 Å². The van der Waals surface area contributed by atoms with Crippen LogP contribution in [-0.2, 0) is 4.79 Å². The summed E-state index contributed by atoms with van der Waals surface area (Å²) in [6, 6.07) is -0.0643. The van der Waals surface area contributed by atoms with Crippen LogP contribution in [0.1, 0.15) is 19.8 Å². The Morgan fingerprint density at radius 1 is 1.56 bits per heavy atom. The molecule has 2 aliphatic heterocycles. The average Bonchev–Trinajstić information content (AvgIpc) is 2.86. The first-order valence-electron chi connectivity index (χ1n) is 5.84. The van der Waals surface area contributed by atoms with Crippen molar-refractivity contribution in [3.63, 3.8) is 0 Å². The van der Waals surface area contributed by atoms with Crippen molar-refractivity contribution in [3.8, 4) is 0 Å². The van der Waals surface area contributed by atoms with E-state index in [1.807, 2.05) is 14.0 Å². The highest BCUT2D eigenvalue weighted by Crippen LogP contribution is 2.39. The Hall–Kier alpha value is -0.260. The molecule has 16 heavy (non-hydrogen) atoms. The molecule has 0 saturated carbocycles. The van der Waals surface area contributed by atoms with Gasteiger partial charge >= 0.3 is 0 Å². The highest BCUT2D eigenvalue weighted by Gasteiger charge is 2.42. The molecule has 2 fully saturated rings. The van der Waals surface area contributed by atoms with Crippen LogP contribution in [0.4, 0.5) is 0 Å². The number of nitrogens with one attached hydrogen (secondary N) is 1. The number of nitrogens with zero attached hydrogens (tertiary/aromatic N) is 1. The Kier molecular flexibility index (Phi) is 3.47. The zero-order chi connectivity index (χ0) is 11.8. The number of thioether (sulfide) groups is 1. The Morgan fingerprint density at radius 2 is 2.31 bits per heavy atom. The second kappa shape index (κ2) is 4.55. The van der Waals surface area contributed by atoms with Gasteiger partial charge in [-0.05, 0) is 25.5 Å². The van der Waals surface area contributed by atoms with Gasteiger partial charge in [0.05, 0.1) is 16.9 Å². The lowest BCUT2D eigenvalue weighted by Crippen LogP contribution is -2.50. The Labute approximate surface area is 101 Å². The largest absolute Gasteiger partial charge is 0.390 e. The number of aliphatic hydroxyl groups excluding tert-OH is 1. The Balaban J connectivity index is 2.03. The molecule has 2 rings (SSSR count). The predicted molar refractivity (Wildman–Crippen MR) is 65.5 cm³/mol. The molecule has 1 unspecified atom stereocenters. The van der Waals surface area contributed by atoms with Crippen LogP contribution in [-0.4, -0.2) is 58.7 Å². The third-order valence-electron chi connectivity index (χ3n) is 3.64. The van der Waals surface area contributed by atoms with Gasteiger partial charge in [-0.3, -0.25) is 4.79 Å². The zero-order valence-electron chi connectivity index (χ0n) is 9.90. The number of β-amino-alcohol motifs (C(OH)–C–C–N with tert-alkyl or cyclic N) is 1. The van der Waals surface area contributed by atoms with Crippen molar-refractivity contribution in [1.82, 2.24) is 10.2 Å². The van der Waals surface area contributed by atoms with Crippen LogP contribution in [0.2, 0.25) is 0 Å². The van der Waals surface area contributed by atoms with Crippen molar-refractivity contribution < 1.29 is 9.90 Å². The molecule has 0 aliphatic carbocycles. The molecule has 0 spiro atoms. The molecule has 92 valence electrons. The van der Waals surface area contributed by atoms with E-state index in [1.54, 1.807) is 16.7 Å². The second-order valence-electron chi connectivity index (χ2n) is 4.89. The maximum atomic E-state index is 12.4. The fourth-order valence-corrected chi connectivity index (χ4v) is 3.81. The van der Waals surface area contributed by atoms with E-state index in [0.717, 1.165) is 18.6 Å². The first-order chi connectivity index (χ1) is 7.54. The van der Waals surface area contributed by atoms with Gasteiger partial charge in [0.1, 0.15) is 0 Å². The SMILES string of the molecule is CN(C(=O)C1(C)CCCS1)[C@H]1CNC[C@@H]1O. The number of hydrogen-bond acceptors (Lipinski definition) is 4. The van der Waals surface area contributed by atoms with Crippen molar-refractivity contribution in [1.29, 1.82) is 0 Å². The molecule has 1 amide bonds. The third-order valence-corrected chi connectivity index (χ3v) is 5.15. The normalized spacial score (nSPS) is 38.9. The summed E-state index contributed by atoms with van der Waals surface area (Å²) in [6.45, 7) is 3.31. The van der Waals surface area contributed by atoms with Gasteiger partial charge in [-0.15, -0.1) is 11.8 Å². The van der Waals surface area contributed by atoms with E-state index >= 15 is 0 Å². The maximum absolute atomic E-state index is 12.4. The van der Waals surface area contributed by atoms with Crippen LogP contribution in [0, 0.1) is 0 Å². The summed E-state index contributed by atoms with van der Waals surface area (Å²) >= 11 is 1.75. The minimum absolute atomic E-state index is 0.0643. The van der Waals surface area contributed by atoms with Gasteiger partial charge in [0, 0.05) is 20.1 Å². The van der Waals surface area contributed by atoms with E-state index in [2.05, 4.69) is 5.32 Å². The van der Waals surface area contributed by atoms with Crippen LogP contribution in [0.25, 0.3) is 0 Å². The molecule has 2 aliphatic rings. The standard InChI is InChI=1S/C11H20N2O2S/c1-11(4-3-5-16-11)10(15)13(2)8-6-12-7-9(8)14/h8-9,12,14H,3-7H2,1-2H3/t8-,9-,11?/m0/s1. The van der Waals surface area contributed by atoms with E-state index < -0.39 is 6.10 Å². The first-order valence-corrected chi connectivity index (χ1v) is 6.83. The molecule has 0 aromatic rings. The summed E-state index contributed by atoms with van der Waals surface area (Å²) in [6.07, 6.45) is 1.65. The molecule has 0 aromatic heterocycles. The van der Waals surface area contributed by atoms with Crippen molar-refractivity contribution in [2.75, 3.05) is 25.9 Å². The van der Waals surface area contributed by atoms with Crippen LogP contribution in [0.3, 0.4) is 0 Å². The monoisotopic (exact) mass is 244 g/mol. The highest BCUT2D eigenvalue weighted by molar-refractivity contribution is 8.01. The summed E-state index contributed by atoms with van der Waals surface area (Å²) in [4.78, 5) is 14.1. The van der Waals surface area contributed by atoms with Gasteiger partial charge in [0.2, 0.25) is 5.91 Å². The van der Waals surface area contributed by atoms with E-state index in [1.165, 1.54) is 0 Å². The average molecular weight is 244 g/mol.